The van der Waals surface area contributed by atoms with Gasteiger partial charge in [0.15, 0.2) is 5.82 Å². The third-order valence-corrected chi connectivity index (χ3v) is 4.60. The molecule has 0 amide bonds. The Kier molecular flexibility index (Phi) is 4.90. The third-order valence-electron chi connectivity index (χ3n) is 4.60. The van der Waals surface area contributed by atoms with Gasteiger partial charge in [0.05, 0.1) is 17.4 Å². The van der Waals surface area contributed by atoms with Gasteiger partial charge in [-0.05, 0) is 13.1 Å². The maximum absolute atomic E-state index is 15.2. The number of carbonyl (C=O) groups is 1. The van der Waals surface area contributed by atoms with Gasteiger partial charge in [-0.1, -0.05) is 0 Å². The topological polar surface area (TPSA) is 65.8 Å². The Bertz CT molecular complexity index is 921. The summed E-state index contributed by atoms with van der Waals surface area (Å²) < 4.78 is 43.7. The fraction of sp³-hybridized carbons (Fsp3) is 0.412. The lowest BCUT2D eigenvalue weighted by Crippen LogP contribution is -2.45. The SMILES string of the molecule is CN1CCN(c2c([18F])cc3c(=O)c(C(=O)O)cn(CCF)c3c2F)CC1. The first-order valence-corrected chi connectivity index (χ1v) is 8.13. The molecule has 0 radical (unpaired) electrons. The van der Waals surface area contributed by atoms with E-state index in [4.69, 9.17) is 5.11 Å². The van der Waals surface area contributed by atoms with Crippen LogP contribution in [0.2, 0.25) is 0 Å². The average Bonchev–Trinajstić information content (AvgIpc) is 2.58. The molecule has 0 bridgehead atoms. The highest BCUT2D eigenvalue weighted by Crippen LogP contribution is 2.30. The van der Waals surface area contributed by atoms with Crippen LogP contribution in [0, 0.1) is 11.6 Å². The monoisotopic (exact) mass is 368 g/mol. The third kappa shape index (κ3) is 3.03. The maximum Gasteiger partial charge on any atom is 0.341 e. The number of rotatable bonds is 4. The predicted octanol–water partition coefficient (Wildman–Crippen LogP) is 1.70. The normalized spacial score (nSPS) is 15.6. The van der Waals surface area contributed by atoms with Gasteiger partial charge < -0.3 is 19.5 Å². The molecule has 0 saturated carbocycles. The van der Waals surface area contributed by atoms with Crippen LogP contribution in [-0.2, 0) is 6.54 Å². The molecule has 0 spiro atoms. The Morgan fingerprint density at radius 2 is 1.88 bits per heavy atom. The van der Waals surface area contributed by atoms with E-state index < -0.39 is 40.7 Å². The summed E-state index contributed by atoms with van der Waals surface area (Å²) in [5.74, 6) is -3.45. The van der Waals surface area contributed by atoms with Gasteiger partial charge in [0, 0.05) is 32.4 Å². The van der Waals surface area contributed by atoms with Crippen molar-refractivity contribution in [2.45, 2.75) is 6.54 Å². The van der Waals surface area contributed by atoms with E-state index in [-0.39, 0.29) is 17.7 Å². The van der Waals surface area contributed by atoms with Gasteiger partial charge >= 0.3 is 5.97 Å². The number of alkyl halides is 1. The van der Waals surface area contributed by atoms with Crippen molar-refractivity contribution in [3.8, 4) is 0 Å². The highest BCUT2D eigenvalue weighted by atomic mass is 19.1. The van der Waals surface area contributed by atoms with Crippen molar-refractivity contribution in [1.29, 1.82) is 0 Å². The lowest BCUT2D eigenvalue weighted by Gasteiger charge is -2.34. The second-order valence-corrected chi connectivity index (χ2v) is 6.27. The van der Waals surface area contributed by atoms with E-state index in [2.05, 4.69) is 0 Å². The number of benzene rings is 1. The minimum Gasteiger partial charge on any atom is -0.477 e. The van der Waals surface area contributed by atoms with Gasteiger partial charge in [0.2, 0.25) is 5.43 Å². The zero-order chi connectivity index (χ0) is 19.0. The number of pyridine rings is 1. The van der Waals surface area contributed by atoms with Crippen molar-refractivity contribution in [3.63, 3.8) is 0 Å². The quantitative estimate of drug-likeness (QED) is 0.890. The standard InChI is InChI=1S/C17H18F3N3O3/c1-21-4-6-22(7-5-21)15-12(19)8-10-14(13(15)20)23(3-2-18)9-11(16(10)24)17(25)26/h8-9H,2-7H2,1H3,(H,25,26)/i19-1. The second-order valence-electron chi connectivity index (χ2n) is 6.27. The lowest BCUT2D eigenvalue weighted by atomic mass is 10.1. The second kappa shape index (κ2) is 6.99. The zero-order valence-corrected chi connectivity index (χ0v) is 14.1. The molecule has 1 aliphatic rings. The van der Waals surface area contributed by atoms with Crippen LogP contribution in [-0.4, -0.2) is 60.4 Å². The molecule has 1 fully saturated rings. The molecule has 0 aliphatic carbocycles. The number of halogens is 3. The zero-order valence-electron chi connectivity index (χ0n) is 14.1. The van der Waals surface area contributed by atoms with Gasteiger partial charge in [-0.3, -0.25) is 4.79 Å². The Hall–Kier alpha value is -2.55. The fourth-order valence-corrected chi connectivity index (χ4v) is 3.22. The van der Waals surface area contributed by atoms with E-state index in [9.17, 15) is 18.4 Å². The minimum atomic E-state index is -1.53. The molecule has 0 atom stereocenters. The smallest absolute Gasteiger partial charge is 0.341 e. The summed E-state index contributed by atoms with van der Waals surface area (Å²) in [4.78, 5) is 27.1. The van der Waals surface area contributed by atoms with E-state index in [1.54, 1.807) is 4.90 Å². The molecule has 1 N–H and O–H groups in total. The van der Waals surface area contributed by atoms with Crippen molar-refractivity contribution in [2.75, 3.05) is 44.8 Å². The molecule has 1 aromatic carbocycles. The summed E-state index contributed by atoms with van der Waals surface area (Å²) >= 11 is 0. The number of aromatic carboxylic acids is 1. The van der Waals surface area contributed by atoms with Gasteiger partial charge in [-0.25, -0.2) is 18.0 Å². The fourth-order valence-electron chi connectivity index (χ4n) is 3.22. The summed E-state index contributed by atoms with van der Waals surface area (Å²) in [5, 5.41) is 8.72. The largest absolute Gasteiger partial charge is 0.477 e. The number of likely N-dealkylation sites (N-methyl/N-ethyl adjacent to an activating group) is 1. The Morgan fingerprint density at radius 3 is 2.46 bits per heavy atom. The first-order chi connectivity index (χ1) is 12.3. The molecule has 1 saturated heterocycles. The van der Waals surface area contributed by atoms with Gasteiger partial charge in [-0.15, -0.1) is 0 Å². The number of nitrogens with zero attached hydrogens (tertiary/aromatic N) is 3. The molecule has 9 heteroatoms. The van der Waals surface area contributed by atoms with E-state index >= 15 is 4.39 Å². The molecule has 6 nitrogen and oxygen atoms in total. The van der Waals surface area contributed by atoms with Crippen molar-refractivity contribution in [1.82, 2.24) is 9.47 Å². The van der Waals surface area contributed by atoms with Crippen LogP contribution in [0.15, 0.2) is 17.1 Å². The molecule has 2 aromatic rings. The average molecular weight is 368 g/mol. The number of fused-ring (bicyclic) bond motifs is 1. The van der Waals surface area contributed by atoms with E-state index in [1.165, 1.54) is 0 Å². The minimum absolute atomic E-state index is 0.277. The van der Waals surface area contributed by atoms with Crippen LogP contribution in [0.4, 0.5) is 18.9 Å². The molecule has 140 valence electrons. The van der Waals surface area contributed by atoms with Gasteiger partial charge in [-0.2, -0.15) is 0 Å². The van der Waals surface area contributed by atoms with E-state index in [0.29, 0.717) is 26.2 Å². The van der Waals surface area contributed by atoms with Crippen molar-refractivity contribution in [3.05, 3.63) is 39.7 Å². The number of aromatic nitrogens is 1. The molecule has 1 aliphatic heterocycles. The highest BCUT2D eigenvalue weighted by molar-refractivity contribution is 5.93. The number of carboxylic acids is 1. The van der Waals surface area contributed by atoms with E-state index in [0.717, 1.165) is 16.8 Å². The molecular weight excluding hydrogens is 350 g/mol. The summed E-state index contributed by atoms with van der Waals surface area (Å²) in [6.07, 6.45) is 0.904. The lowest BCUT2D eigenvalue weighted by molar-refractivity contribution is 0.0694. The summed E-state index contributed by atoms with van der Waals surface area (Å²) in [6.45, 7) is 0.796. The molecular formula is C17H18F3N3O3. The number of carboxylic acid groups (broad SMARTS) is 1. The number of anilines is 1. The first-order valence-electron chi connectivity index (χ1n) is 8.13. The molecule has 2 heterocycles. The predicted molar refractivity (Wildman–Crippen MR) is 90.8 cm³/mol. The summed E-state index contributed by atoms with van der Waals surface area (Å²) in [5.41, 5.74) is -2.21. The van der Waals surface area contributed by atoms with Crippen LogP contribution in [0.3, 0.4) is 0 Å². The maximum atomic E-state index is 15.2. The Balaban J connectivity index is 2.27. The molecule has 1 aromatic heterocycles. The van der Waals surface area contributed by atoms with Crippen LogP contribution in [0.25, 0.3) is 10.9 Å². The molecule has 0 unspecified atom stereocenters. The van der Waals surface area contributed by atoms with Crippen molar-refractivity contribution in [2.24, 2.45) is 0 Å². The van der Waals surface area contributed by atoms with Crippen LogP contribution >= 0.6 is 0 Å². The highest BCUT2D eigenvalue weighted by Gasteiger charge is 2.26. The van der Waals surface area contributed by atoms with Crippen LogP contribution in [0.5, 0.6) is 0 Å². The Morgan fingerprint density at radius 1 is 1.23 bits per heavy atom. The van der Waals surface area contributed by atoms with Crippen molar-refractivity contribution >= 4 is 22.6 Å². The van der Waals surface area contributed by atoms with Gasteiger partial charge in [0.25, 0.3) is 0 Å². The van der Waals surface area contributed by atoms with E-state index in [1.807, 2.05) is 11.9 Å². The number of hydrogen-bond donors (Lipinski definition) is 1. The number of aryl methyl sites for hydroxylation is 1. The molecule has 26 heavy (non-hydrogen) atoms. The first kappa shape index (κ1) is 18.2. The number of piperazine rings is 1. The summed E-state index contributed by atoms with van der Waals surface area (Å²) in [6, 6.07) is 0.843. The molecule has 3 rings (SSSR count). The number of hydrogen-bond acceptors (Lipinski definition) is 4. The van der Waals surface area contributed by atoms with Gasteiger partial charge in [0.1, 0.15) is 23.7 Å². The van der Waals surface area contributed by atoms with Crippen LogP contribution in [0.1, 0.15) is 10.4 Å². The van der Waals surface area contributed by atoms with Crippen molar-refractivity contribution < 1.29 is 23.1 Å². The van der Waals surface area contributed by atoms with Crippen LogP contribution < -0.4 is 10.3 Å². The Labute approximate surface area is 147 Å². The summed E-state index contributed by atoms with van der Waals surface area (Å²) in [7, 11) is 1.90.